The molecule has 0 unspecified atom stereocenters. The number of carbonyl (C=O) groups is 1. The molecule has 0 atom stereocenters. The Hall–Kier alpha value is -2.87. The van der Waals surface area contributed by atoms with E-state index in [0.717, 1.165) is 11.1 Å². The van der Waals surface area contributed by atoms with Crippen molar-refractivity contribution >= 4 is 40.4 Å². The molecule has 3 aromatic rings. The summed E-state index contributed by atoms with van der Waals surface area (Å²) in [5.41, 5.74) is 13.3. The number of halogens is 1. The van der Waals surface area contributed by atoms with E-state index in [1.54, 1.807) is 24.3 Å². The standard InChI is InChI=1S/C24H25ClN4O2S/c25-17-4-6-20(7-5-17)31-24(10-8-18(26)9-11-24)23(30)29-19-3-1-2-15(12-19)16-13-21(22(27)28)32-14-16/h1-7,12-14,18H,8-11,26H2,(H3,27,28)(H,29,30). The zero-order valence-electron chi connectivity index (χ0n) is 17.4. The van der Waals surface area contributed by atoms with E-state index in [-0.39, 0.29) is 17.8 Å². The number of nitrogens with one attached hydrogen (secondary N) is 2. The second kappa shape index (κ2) is 9.32. The highest BCUT2D eigenvalue weighted by molar-refractivity contribution is 7.12. The van der Waals surface area contributed by atoms with Gasteiger partial charge in [-0.25, -0.2) is 0 Å². The molecular formula is C24H25ClN4O2S. The fourth-order valence-corrected chi connectivity index (χ4v) is 4.77. The van der Waals surface area contributed by atoms with Crippen LogP contribution in [0.1, 0.15) is 30.6 Å². The van der Waals surface area contributed by atoms with Crippen LogP contribution >= 0.6 is 22.9 Å². The molecule has 1 aliphatic carbocycles. The molecule has 0 aliphatic heterocycles. The van der Waals surface area contributed by atoms with Crippen molar-refractivity contribution in [1.82, 2.24) is 0 Å². The van der Waals surface area contributed by atoms with Crippen LogP contribution < -0.4 is 21.5 Å². The molecule has 0 spiro atoms. The van der Waals surface area contributed by atoms with Crippen molar-refractivity contribution in [1.29, 1.82) is 5.41 Å². The summed E-state index contributed by atoms with van der Waals surface area (Å²) in [5, 5.41) is 13.2. The number of amidine groups is 1. The number of nitrogens with two attached hydrogens (primary N) is 2. The van der Waals surface area contributed by atoms with Gasteiger partial charge in [-0.1, -0.05) is 23.7 Å². The number of benzene rings is 2. The maximum absolute atomic E-state index is 13.5. The Kier molecular flexibility index (Phi) is 6.50. The van der Waals surface area contributed by atoms with Gasteiger partial charge in [0.2, 0.25) is 0 Å². The summed E-state index contributed by atoms with van der Waals surface area (Å²) in [7, 11) is 0. The fourth-order valence-electron chi connectivity index (χ4n) is 3.86. The lowest BCUT2D eigenvalue weighted by molar-refractivity contribution is -0.134. The summed E-state index contributed by atoms with van der Waals surface area (Å²) in [6.07, 6.45) is 2.50. The summed E-state index contributed by atoms with van der Waals surface area (Å²) in [5.74, 6) is 0.456. The largest absolute Gasteiger partial charge is 0.477 e. The number of anilines is 1. The van der Waals surface area contributed by atoms with E-state index in [0.29, 0.717) is 47.0 Å². The molecule has 0 saturated heterocycles. The molecule has 1 aromatic heterocycles. The third-order valence-electron chi connectivity index (χ3n) is 5.70. The molecule has 1 saturated carbocycles. The number of rotatable bonds is 6. The third-order valence-corrected chi connectivity index (χ3v) is 6.91. The maximum Gasteiger partial charge on any atom is 0.268 e. The monoisotopic (exact) mass is 468 g/mol. The van der Waals surface area contributed by atoms with Gasteiger partial charge in [0.05, 0.1) is 4.88 Å². The van der Waals surface area contributed by atoms with Crippen molar-refractivity contribution in [3.8, 4) is 16.9 Å². The van der Waals surface area contributed by atoms with Crippen LogP contribution in [0.4, 0.5) is 5.69 Å². The van der Waals surface area contributed by atoms with Crippen LogP contribution in [-0.2, 0) is 4.79 Å². The van der Waals surface area contributed by atoms with E-state index in [1.165, 1.54) is 11.3 Å². The van der Waals surface area contributed by atoms with E-state index in [1.807, 2.05) is 35.7 Å². The van der Waals surface area contributed by atoms with Gasteiger partial charge in [0.1, 0.15) is 11.6 Å². The topological polar surface area (TPSA) is 114 Å². The lowest BCUT2D eigenvalue weighted by atomic mass is 9.81. The van der Waals surface area contributed by atoms with Crippen LogP contribution in [0, 0.1) is 5.41 Å². The zero-order chi connectivity index (χ0) is 22.7. The lowest BCUT2D eigenvalue weighted by Gasteiger charge is -2.38. The van der Waals surface area contributed by atoms with Crippen molar-refractivity contribution in [2.75, 3.05) is 5.32 Å². The van der Waals surface area contributed by atoms with Gasteiger partial charge in [-0.15, -0.1) is 11.3 Å². The summed E-state index contributed by atoms with van der Waals surface area (Å²) in [4.78, 5) is 14.2. The van der Waals surface area contributed by atoms with Crippen LogP contribution in [-0.4, -0.2) is 23.4 Å². The van der Waals surface area contributed by atoms with Crippen molar-refractivity contribution in [3.05, 3.63) is 69.9 Å². The molecule has 6 nitrogen and oxygen atoms in total. The average molecular weight is 469 g/mol. The first-order valence-electron chi connectivity index (χ1n) is 10.4. The molecule has 1 amide bonds. The zero-order valence-corrected chi connectivity index (χ0v) is 19.0. The minimum absolute atomic E-state index is 0.0440. The van der Waals surface area contributed by atoms with Gasteiger partial charge in [0.25, 0.3) is 5.91 Å². The molecule has 8 heteroatoms. The molecule has 2 aromatic carbocycles. The number of amides is 1. The Morgan fingerprint density at radius 3 is 2.50 bits per heavy atom. The van der Waals surface area contributed by atoms with Gasteiger partial charge in [0.15, 0.2) is 5.60 Å². The van der Waals surface area contributed by atoms with Crippen LogP contribution in [0.5, 0.6) is 5.75 Å². The molecule has 1 fully saturated rings. The lowest BCUT2D eigenvalue weighted by Crippen LogP contribution is -2.52. The number of carbonyl (C=O) groups excluding carboxylic acids is 1. The SMILES string of the molecule is N=C(N)c1cc(-c2cccc(NC(=O)C3(Oc4ccc(Cl)cc4)CCC(N)CC3)c2)cs1. The van der Waals surface area contributed by atoms with Crippen molar-refractivity contribution in [2.45, 2.75) is 37.3 Å². The first kappa shape index (κ1) is 22.3. The van der Waals surface area contributed by atoms with Crippen LogP contribution in [0.3, 0.4) is 0 Å². The van der Waals surface area contributed by atoms with Crippen LogP contribution in [0.25, 0.3) is 11.1 Å². The molecule has 0 bridgehead atoms. The highest BCUT2D eigenvalue weighted by atomic mass is 35.5. The van der Waals surface area contributed by atoms with Crippen LogP contribution in [0.15, 0.2) is 60.0 Å². The molecule has 32 heavy (non-hydrogen) atoms. The fraction of sp³-hybridized carbons (Fsp3) is 0.250. The van der Waals surface area contributed by atoms with Gasteiger partial charge in [0, 0.05) is 16.8 Å². The van der Waals surface area contributed by atoms with E-state index < -0.39 is 5.60 Å². The average Bonchev–Trinajstić information content (AvgIpc) is 3.28. The quantitative estimate of drug-likeness (QED) is 0.300. The minimum atomic E-state index is -0.996. The number of hydrogen-bond donors (Lipinski definition) is 4. The van der Waals surface area contributed by atoms with E-state index in [2.05, 4.69) is 5.32 Å². The van der Waals surface area contributed by atoms with E-state index >= 15 is 0 Å². The third kappa shape index (κ3) is 4.96. The summed E-state index contributed by atoms with van der Waals surface area (Å²) in [6, 6.07) is 16.6. The van der Waals surface area contributed by atoms with Gasteiger partial charge < -0.3 is 21.5 Å². The highest BCUT2D eigenvalue weighted by Crippen LogP contribution is 2.35. The minimum Gasteiger partial charge on any atom is -0.477 e. The van der Waals surface area contributed by atoms with Crippen molar-refractivity contribution in [3.63, 3.8) is 0 Å². The molecule has 6 N–H and O–H groups in total. The van der Waals surface area contributed by atoms with Crippen molar-refractivity contribution < 1.29 is 9.53 Å². The Morgan fingerprint density at radius 1 is 1.12 bits per heavy atom. The first-order chi connectivity index (χ1) is 15.3. The Balaban J connectivity index is 1.56. The highest BCUT2D eigenvalue weighted by Gasteiger charge is 2.43. The van der Waals surface area contributed by atoms with Gasteiger partial charge >= 0.3 is 0 Å². The number of nitrogen functional groups attached to an aromatic ring is 1. The second-order valence-corrected chi connectivity index (χ2v) is 9.38. The van der Waals surface area contributed by atoms with E-state index in [4.69, 9.17) is 33.2 Å². The molecule has 0 radical (unpaired) electrons. The van der Waals surface area contributed by atoms with Crippen molar-refractivity contribution in [2.24, 2.45) is 11.5 Å². The predicted molar refractivity (Wildman–Crippen MR) is 131 cm³/mol. The number of ether oxygens (including phenoxy) is 1. The smallest absolute Gasteiger partial charge is 0.268 e. The number of thiophene rings is 1. The van der Waals surface area contributed by atoms with Gasteiger partial charge in [-0.3, -0.25) is 10.2 Å². The molecular weight excluding hydrogens is 444 g/mol. The van der Waals surface area contributed by atoms with E-state index in [9.17, 15) is 4.79 Å². The van der Waals surface area contributed by atoms with Crippen LogP contribution in [0.2, 0.25) is 5.02 Å². The Labute approximate surface area is 196 Å². The Bertz CT molecular complexity index is 1120. The summed E-state index contributed by atoms with van der Waals surface area (Å²) in [6.45, 7) is 0. The molecule has 1 aliphatic rings. The summed E-state index contributed by atoms with van der Waals surface area (Å²) < 4.78 is 6.26. The summed E-state index contributed by atoms with van der Waals surface area (Å²) >= 11 is 7.41. The predicted octanol–water partition coefficient (Wildman–Crippen LogP) is 5.01. The maximum atomic E-state index is 13.5. The molecule has 4 rings (SSSR count). The molecule has 166 valence electrons. The first-order valence-corrected chi connectivity index (χ1v) is 11.7. The normalized spacial score (nSPS) is 20.5. The second-order valence-electron chi connectivity index (χ2n) is 8.04. The Morgan fingerprint density at radius 2 is 1.84 bits per heavy atom. The number of hydrogen-bond acceptors (Lipinski definition) is 5. The van der Waals surface area contributed by atoms with Gasteiger partial charge in [-0.2, -0.15) is 0 Å². The molecule has 1 heterocycles. The van der Waals surface area contributed by atoms with Gasteiger partial charge in [-0.05, 0) is 84.7 Å².